The zero-order valence-electron chi connectivity index (χ0n) is 23.4. The first kappa shape index (κ1) is 31.6. The van der Waals surface area contributed by atoms with Crippen molar-refractivity contribution in [1.82, 2.24) is 0 Å². The summed E-state index contributed by atoms with van der Waals surface area (Å²) in [5.41, 5.74) is 8.49. The highest BCUT2D eigenvalue weighted by atomic mass is 16.3. The van der Waals surface area contributed by atoms with Crippen LogP contribution in [0.5, 0.6) is 5.75 Å². The molecule has 0 bridgehead atoms. The van der Waals surface area contributed by atoms with E-state index >= 15 is 0 Å². The summed E-state index contributed by atoms with van der Waals surface area (Å²) in [6.07, 6.45) is -0.310. The van der Waals surface area contributed by atoms with Gasteiger partial charge < -0.3 is 15.9 Å². The first-order valence-electron chi connectivity index (χ1n) is 14.0. The van der Waals surface area contributed by atoms with Crippen LogP contribution in [0.4, 0.5) is 0 Å². The number of nitrogens with two attached hydrogens (primary N) is 1. The number of aliphatic hydroxyl groups excluding tert-OH is 1. The van der Waals surface area contributed by atoms with Gasteiger partial charge in [-0.2, -0.15) is 0 Å². The number of aromatic hydroxyl groups is 1. The van der Waals surface area contributed by atoms with E-state index in [9.17, 15) is 29.4 Å². The Morgan fingerprint density at radius 3 is 1.66 bits per heavy atom. The van der Waals surface area contributed by atoms with E-state index in [1.807, 2.05) is 60.7 Å². The number of carbonyl (C=O) groups is 4. The van der Waals surface area contributed by atoms with Crippen LogP contribution in [-0.2, 0) is 38.4 Å². The Morgan fingerprint density at radius 1 is 0.683 bits per heavy atom. The zero-order chi connectivity index (χ0) is 29.8. The molecule has 3 aromatic rings. The molecule has 0 aliphatic carbocycles. The Balaban J connectivity index is 1.73. The van der Waals surface area contributed by atoms with Crippen LogP contribution in [0.3, 0.4) is 0 Å². The maximum Gasteiger partial charge on any atom is 0.152 e. The zero-order valence-corrected chi connectivity index (χ0v) is 23.4. The lowest BCUT2D eigenvalue weighted by molar-refractivity contribution is -0.135. The highest BCUT2D eigenvalue weighted by molar-refractivity contribution is 6.03. The van der Waals surface area contributed by atoms with Crippen molar-refractivity contribution in [3.05, 3.63) is 102 Å². The van der Waals surface area contributed by atoms with E-state index in [2.05, 4.69) is 0 Å². The molecule has 0 heterocycles. The van der Waals surface area contributed by atoms with Crippen LogP contribution < -0.4 is 5.73 Å². The Labute approximate surface area is 241 Å². The Kier molecular flexibility index (Phi) is 12.1. The number of carbonyl (C=O) groups excluding carboxylic acids is 4. The van der Waals surface area contributed by atoms with Crippen LogP contribution in [0.15, 0.2) is 84.9 Å². The van der Waals surface area contributed by atoms with Crippen LogP contribution in [0.1, 0.15) is 49.3 Å². The predicted octanol–water partition coefficient (Wildman–Crippen LogP) is 4.20. The van der Waals surface area contributed by atoms with Crippen molar-refractivity contribution in [3.8, 4) is 5.75 Å². The topological polar surface area (TPSA) is 135 Å². The van der Waals surface area contributed by atoms with E-state index in [0.717, 1.165) is 16.7 Å². The predicted molar refractivity (Wildman–Crippen MR) is 157 cm³/mol. The third kappa shape index (κ3) is 10.5. The summed E-state index contributed by atoms with van der Waals surface area (Å²) in [6, 6.07) is 24.1. The number of hydrogen-bond donors (Lipinski definition) is 3. The van der Waals surface area contributed by atoms with Crippen molar-refractivity contribution in [3.63, 3.8) is 0 Å². The molecule has 41 heavy (non-hydrogen) atoms. The van der Waals surface area contributed by atoms with Crippen molar-refractivity contribution < 1.29 is 29.4 Å². The molecular formula is C34H39NO6. The standard InChI is InChI=1S/C34H39NO6/c1-23(36)34(35)33(41)21-28(19-26-10-6-3-7-11-26)32(40)22-31(39)27(18-25-8-4-2-5-9-25)20-30(38)17-14-24-12-15-29(37)16-13-24/h2-13,15-16,23,27-28,34,36-37H,14,17-22,35H2,1H3. The molecule has 0 spiro atoms. The van der Waals surface area contributed by atoms with Gasteiger partial charge in [-0.15, -0.1) is 0 Å². The first-order chi connectivity index (χ1) is 19.6. The van der Waals surface area contributed by atoms with Crippen molar-refractivity contribution in [2.24, 2.45) is 17.6 Å². The third-order valence-corrected chi connectivity index (χ3v) is 7.35. The summed E-state index contributed by atoms with van der Waals surface area (Å²) in [4.78, 5) is 52.7. The van der Waals surface area contributed by atoms with Gasteiger partial charge in [-0.1, -0.05) is 72.8 Å². The summed E-state index contributed by atoms with van der Waals surface area (Å²) >= 11 is 0. The number of Topliss-reactive ketones (excluding diaryl/α,β-unsaturated/α-hetero) is 4. The van der Waals surface area contributed by atoms with Crippen molar-refractivity contribution >= 4 is 23.1 Å². The fourth-order valence-corrected chi connectivity index (χ4v) is 4.83. The van der Waals surface area contributed by atoms with Gasteiger partial charge in [-0.3, -0.25) is 19.2 Å². The number of phenolic OH excluding ortho intramolecular Hbond substituents is 1. The monoisotopic (exact) mass is 557 g/mol. The molecule has 216 valence electrons. The van der Waals surface area contributed by atoms with Crippen molar-refractivity contribution in [2.45, 2.75) is 64.0 Å². The summed E-state index contributed by atoms with van der Waals surface area (Å²) in [7, 11) is 0. The quantitative estimate of drug-likeness (QED) is 0.212. The Bertz CT molecular complexity index is 1290. The van der Waals surface area contributed by atoms with E-state index in [-0.39, 0.29) is 48.8 Å². The number of phenols is 1. The molecule has 4 atom stereocenters. The average molecular weight is 558 g/mol. The number of aryl methyl sites for hydroxylation is 1. The number of hydrogen-bond acceptors (Lipinski definition) is 7. The molecule has 4 unspecified atom stereocenters. The van der Waals surface area contributed by atoms with Crippen molar-refractivity contribution in [1.29, 1.82) is 0 Å². The molecule has 3 aromatic carbocycles. The summed E-state index contributed by atoms with van der Waals surface area (Å²) in [6.45, 7) is 1.42. The lowest BCUT2D eigenvalue weighted by Crippen LogP contribution is -2.42. The highest BCUT2D eigenvalue weighted by Gasteiger charge is 2.31. The van der Waals surface area contributed by atoms with Crippen LogP contribution >= 0.6 is 0 Å². The van der Waals surface area contributed by atoms with Crippen LogP contribution in [0.25, 0.3) is 0 Å². The minimum absolute atomic E-state index is 0.00821. The van der Waals surface area contributed by atoms with Gasteiger partial charge in [0.1, 0.15) is 23.1 Å². The molecule has 4 N–H and O–H groups in total. The van der Waals surface area contributed by atoms with E-state index in [1.54, 1.807) is 24.3 Å². The Hall–Kier alpha value is -3.94. The molecular weight excluding hydrogens is 518 g/mol. The number of aliphatic hydroxyl groups is 1. The molecule has 0 aromatic heterocycles. The van der Waals surface area contributed by atoms with Crippen LogP contribution in [0.2, 0.25) is 0 Å². The number of benzene rings is 3. The van der Waals surface area contributed by atoms with E-state index in [1.165, 1.54) is 6.92 Å². The molecule has 0 amide bonds. The molecule has 3 rings (SSSR count). The van der Waals surface area contributed by atoms with Gasteiger partial charge in [0.2, 0.25) is 0 Å². The number of rotatable bonds is 17. The second-order valence-corrected chi connectivity index (χ2v) is 10.7. The van der Waals surface area contributed by atoms with E-state index in [0.29, 0.717) is 12.8 Å². The fourth-order valence-electron chi connectivity index (χ4n) is 4.83. The summed E-state index contributed by atoms with van der Waals surface area (Å²) in [5, 5.41) is 19.3. The van der Waals surface area contributed by atoms with E-state index < -0.39 is 36.2 Å². The van der Waals surface area contributed by atoms with Gasteiger partial charge in [0.05, 0.1) is 18.6 Å². The maximum absolute atomic E-state index is 13.5. The normalized spacial score (nSPS) is 14.0. The lowest BCUT2D eigenvalue weighted by Gasteiger charge is -2.21. The lowest BCUT2D eigenvalue weighted by atomic mass is 9.82. The summed E-state index contributed by atoms with van der Waals surface area (Å²) < 4.78 is 0. The van der Waals surface area contributed by atoms with Gasteiger partial charge in [0.15, 0.2) is 5.78 Å². The molecule has 0 aliphatic rings. The van der Waals surface area contributed by atoms with Gasteiger partial charge in [0.25, 0.3) is 0 Å². The molecule has 7 heteroatoms. The van der Waals surface area contributed by atoms with Gasteiger partial charge in [-0.05, 0) is 55.0 Å². The summed E-state index contributed by atoms with van der Waals surface area (Å²) in [5.74, 6) is -2.53. The van der Waals surface area contributed by atoms with Gasteiger partial charge in [-0.25, -0.2) is 0 Å². The minimum Gasteiger partial charge on any atom is -0.508 e. The molecule has 0 radical (unpaired) electrons. The molecule has 0 fully saturated rings. The molecule has 0 saturated heterocycles. The highest BCUT2D eigenvalue weighted by Crippen LogP contribution is 2.22. The Morgan fingerprint density at radius 2 is 1.17 bits per heavy atom. The van der Waals surface area contributed by atoms with Gasteiger partial charge >= 0.3 is 0 Å². The smallest absolute Gasteiger partial charge is 0.152 e. The molecule has 0 aliphatic heterocycles. The SMILES string of the molecule is CC(O)C(N)C(=O)CC(Cc1ccccc1)C(=O)CC(=O)C(CC(=O)CCc1ccc(O)cc1)Cc1ccccc1. The molecule has 0 saturated carbocycles. The second kappa shape index (κ2) is 15.7. The second-order valence-electron chi connectivity index (χ2n) is 10.7. The largest absolute Gasteiger partial charge is 0.508 e. The van der Waals surface area contributed by atoms with E-state index in [4.69, 9.17) is 5.73 Å². The first-order valence-corrected chi connectivity index (χ1v) is 14.0. The molecule has 7 nitrogen and oxygen atoms in total. The maximum atomic E-state index is 13.5. The van der Waals surface area contributed by atoms with Crippen LogP contribution in [0, 0.1) is 11.8 Å². The minimum atomic E-state index is -1.12. The van der Waals surface area contributed by atoms with Crippen molar-refractivity contribution in [2.75, 3.05) is 0 Å². The van der Waals surface area contributed by atoms with Gasteiger partial charge in [0, 0.05) is 31.1 Å². The number of ketones is 4. The average Bonchev–Trinajstić information content (AvgIpc) is 2.96. The van der Waals surface area contributed by atoms with Crippen LogP contribution in [-0.4, -0.2) is 45.5 Å². The fraction of sp³-hybridized carbons (Fsp3) is 0.353. The third-order valence-electron chi connectivity index (χ3n) is 7.35.